The first-order valence-corrected chi connectivity index (χ1v) is 8.86. The Hall–Kier alpha value is -3.68. The van der Waals surface area contributed by atoms with Crippen molar-refractivity contribution in [3.63, 3.8) is 0 Å². The molecule has 1 aromatic carbocycles. The molecule has 4 rings (SSSR count). The molecule has 8 heteroatoms. The number of aromatic nitrogens is 1. The van der Waals surface area contributed by atoms with E-state index in [1.807, 2.05) is 0 Å². The number of nitrogens with zero attached hydrogens (tertiary/aromatic N) is 2. The van der Waals surface area contributed by atoms with E-state index in [1.165, 1.54) is 12.3 Å². The maximum atomic E-state index is 12.6. The molecule has 0 radical (unpaired) electrons. The molecule has 0 aliphatic carbocycles. The highest BCUT2D eigenvalue weighted by Gasteiger charge is 2.22. The van der Waals surface area contributed by atoms with Crippen molar-refractivity contribution in [2.45, 2.75) is 12.8 Å². The van der Waals surface area contributed by atoms with Gasteiger partial charge < -0.3 is 20.3 Å². The molecule has 0 fully saturated rings. The zero-order valence-corrected chi connectivity index (χ0v) is 15.0. The molecule has 2 aliphatic heterocycles. The molecule has 0 unspecified atom stereocenters. The van der Waals surface area contributed by atoms with Crippen LogP contribution in [-0.4, -0.2) is 35.9 Å². The fourth-order valence-electron chi connectivity index (χ4n) is 3.31. The van der Waals surface area contributed by atoms with Crippen LogP contribution in [0.25, 0.3) is 0 Å². The third-order valence-corrected chi connectivity index (χ3v) is 4.63. The van der Waals surface area contributed by atoms with Gasteiger partial charge in [0.25, 0.3) is 11.8 Å². The number of carbonyl (C=O) groups is 3. The number of ether oxygens (including phenoxy) is 1. The van der Waals surface area contributed by atoms with Crippen molar-refractivity contribution in [3.8, 4) is 5.75 Å². The molecular weight excluding hydrogens is 360 g/mol. The van der Waals surface area contributed by atoms with Gasteiger partial charge in [-0.2, -0.15) is 0 Å². The second-order valence-corrected chi connectivity index (χ2v) is 6.50. The molecule has 142 valence electrons. The molecule has 2 aliphatic rings. The van der Waals surface area contributed by atoms with Gasteiger partial charge in [0.2, 0.25) is 5.91 Å². The van der Waals surface area contributed by atoms with Gasteiger partial charge in [0.15, 0.2) is 18.2 Å². The van der Waals surface area contributed by atoms with Gasteiger partial charge in [-0.05, 0) is 42.7 Å². The molecule has 0 bridgehead atoms. The Balaban J connectivity index is 1.54. The molecule has 28 heavy (non-hydrogen) atoms. The smallest absolute Gasteiger partial charge is 0.263 e. The van der Waals surface area contributed by atoms with E-state index in [9.17, 15) is 14.4 Å². The summed E-state index contributed by atoms with van der Waals surface area (Å²) in [6.45, 7) is 4.09. The second-order valence-electron chi connectivity index (χ2n) is 6.50. The number of benzene rings is 1. The monoisotopic (exact) mass is 378 g/mol. The van der Waals surface area contributed by atoms with Crippen LogP contribution in [0.4, 0.5) is 17.2 Å². The zero-order valence-electron chi connectivity index (χ0n) is 15.0. The van der Waals surface area contributed by atoms with Gasteiger partial charge in [-0.25, -0.2) is 4.98 Å². The number of amides is 3. The Kier molecular flexibility index (Phi) is 4.52. The lowest BCUT2D eigenvalue weighted by Gasteiger charge is -2.29. The van der Waals surface area contributed by atoms with Crippen molar-refractivity contribution in [3.05, 3.63) is 54.2 Å². The van der Waals surface area contributed by atoms with Crippen molar-refractivity contribution in [1.82, 2.24) is 4.98 Å². The minimum absolute atomic E-state index is 0.0865. The number of aryl methyl sites for hydroxylation is 1. The van der Waals surface area contributed by atoms with E-state index in [-0.39, 0.29) is 24.3 Å². The first-order chi connectivity index (χ1) is 13.5. The van der Waals surface area contributed by atoms with E-state index >= 15 is 0 Å². The van der Waals surface area contributed by atoms with Crippen LogP contribution in [0.5, 0.6) is 5.75 Å². The van der Waals surface area contributed by atoms with Gasteiger partial charge in [-0.15, -0.1) is 0 Å². The van der Waals surface area contributed by atoms with Crippen molar-refractivity contribution in [2.75, 3.05) is 28.7 Å². The first-order valence-electron chi connectivity index (χ1n) is 8.86. The Morgan fingerprint density at radius 3 is 3.00 bits per heavy atom. The first kappa shape index (κ1) is 17.7. The van der Waals surface area contributed by atoms with Gasteiger partial charge in [0.05, 0.1) is 11.9 Å². The zero-order chi connectivity index (χ0) is 19.7. The minimum Gasteiger partial charge on any atom is -0.480 e. The van der Waals surface area contributed by atoms with Gasteiger partial charge in [0.1, 0.15) is 0 Å². The van der Waals surface area contributed by atoms with Crippen LogP contribution in [0.15, 0.2) is 43.1 Å². The van der Waals surface area contributed by atoms with Crippen molar-refractivity contribution < 1.29 is 19.1 Å². The summed E-state index contributed by atoms with van der Waals surface area (Å²) in [6.07, 6.45) is 4.37. The summed E-state index contributed by atoms with van der Waals surface area (Å²) in [5, 5.41) is 5.38. The standard InChI is InChI=1S/C20H18N4O4/c1-2-18(26)24-7-3-4-12-8-13(5-6-15(12)24)20(27)22-14-9-16-19(21-10-14)23-17(25)11-28-16/h2,5-6,8-10H,1,3-4,7,11H2,(H,22,27)(H,21,23,25). The van der Waals surface area contributed by atoms with Crippen molar-refractivity contribution in [1.29, 1.82) is 0 Å². The van der Waals surface area contributed by atoms with Crippen LogP contribution >= 0.6 is 0 Å². The van der Waals surface area contributed by atoms with E-state index in [2.05, 4.69) is 22.2 Å². The normalized spacial score (nSPS) is 14.9. The second kappa shape index (κ2) is 7.15. The molecule has 2 N–H and O–H groups in total. The lowest BCUT2D eigenvalue weighted by atomic mass is 9.98. The maximum absolute atomic E-state index is 12.6. The Bertz CT molecular complexity index is 1000. The number of carbonyl (C=O) groups excluding carboxylic acids is 3. The van der Waals surface area contributed by atoms with Crippen molar-refractivity contribution in [2.24, 2.45) is 0 Å². The Morgan fingerprint density at radius 1 is 1.32 bits per heavy atom. The predicted molar refractivity (Wildman–Crippen MR) is 104 cm³/mol. The number of rotatable bonds is 3. The summed E-state index contributed by atoms with van der Waals surface area (Å²) < 4.78 is 5.31. The molecule has 0 saturated carbocycles. The number of hydrogen-bond acceptors (Lipinski definition) is 5. The van der Waals surface area contributed by atoms with Gasteiger partial charge in [0, 0.05) is 23.9 Å². The van der Waals surface area contributed by atoms with E-state index in [4.69, 9.17) is 4.74 Å². The van der Waals surface area contributed by atoms with Crippen molar-refractivity contribution >= 4 is 34.9 Å². The lowest BCUT2D eigenvalue weighted by Crippen LogP contribution is -2.34. The number of fused-ring (bicyclic) bond motifs is 2. The summed E-state index contributed by atoms with van der Waals surface area (Å²) in [6, 6.07) is 6.89. The highest BCUT2D eigenvalue weighted by molar-refractivity contribution is 6.06. The molecule has 2 aromatic rings. The third kappa shape index (κ3) is 3.32. The van der Waals surface area contributed by atoms with Crippen LogP contribution < -0.4 is 20.3 Å². The van der Waals surface area contributed by atoms with E-state index in [1.54, 1.807) is 29.2 Å². The molecule has 3 heterocycles. The summed E-state index contributed by atoms with van der Waals surface area (Å²) >= 11 is 0. The van der Waals surface area contributed by atoms with Gasteiger partial charge in [-0.3, -0.25) is 14.4 Å². The fourth-order valence-corrected chi connectivity index (χ4v) is 3.31. The summed E-state index contributed by atoms with van der Waals surface area (Å²) in [4.78, 5) is 41.7. The van der Waals surface area contributed by atoms with Crippen LogP contribution in [-0.2, 0) is 16.0 Å². The van der Waals surface area contributed by atoms with Crippen LogP contribution in [0.3, 0.4) is 0 Å². The Morgan fingerprint density at radius 2 is 2.18 bits per heavy atom. The van der Waals surface area contributed by atoms with Gasteiger partial charge in [-0.1, -0.05) is 6.58 Å². The average Bonchev–Trinajstić information content (AvgIpc) is 2.72. The summed E-state index contributed by atoms with van der Waals surface area (Å²) in [5.74, 6) is 0.0215. The molecule has 0 spiro atoms. The third-order valence-electron chi connectivity index (χ3n) is 4.63. The van der Waals surface area contributed by atoms with Gasteiger partial charge >= 0.3 is 0 Å². The van der Waals surface area contributed by atoms with Crippen LogP contribution in [0, 0.1) is 0 Å². The minimum atomic E-state index is -0.295. The average molecular weight is 378 g/mol. The Labute approximate surface area is 161 Å². The molecule has 3 amide bonds. The number of anilines is 3. The number of nitrogens with one attached hydrogen (secondary N) is 2. The number of hydrogen-bond donors (Lipinski definition) is 2. The van der Waals surface area contributed by atoms with E-state index in [0.717, 1.165) is 24.1 Å². The largest absolute Gasteiger partial charge is 0.480 e. The lowest BCUT2D eigenvalue weighted by molar-refractivity contribution is -0.118. The quantitative estimate of drug-likeness (QED) is 0.797. The molecular formula is C20H18N4O4. The van der Waals surface area contributed by atoms with E-state index in [0.29, 0.717) is 29.4 Å². The van der Waals surface area contributed by atoms with Crippen LogP contribution in [0.1, 0.15) is 22.3 Å². The molecule has 1 aromatic heterocycles. The molecule has 0 saturated heterocycles. The maximum Gasteiger partial charge on any atom is 0.263 e. The molecule has 0 atom stereocenters. The topological polar surface area (TPSA) is 101 Å². The highest BCUT2D eigenvalue weighted by atomic mass is 16.5. The van der Waals surface area contributed by atoms with Crippen LogP contribution in [0.2, 0.25) is 0 Å². The number of pyridine rings is 1. The predicted octanol–water partition coefficient (Wildman–Crippen LogP) is 2.13. The van der Waals surface area contributed by atoms with E-state index < -0.39 is 0 Å². The summed E-state index contributed by atoms with van der Waals surface area (Å²) in [5.41, 5.74) is 2.70. The fraction of sp³-hybridized carbons (Fsp3) is 0.200. The summed E-state index contributed by atoms with van der Waals surface area (Å²) in [7, 11) is 0. The highest BCUT2D eigenvalue weighted by Crippen LogP contribution is 2.30. The molecule has 8 nitrogen and oxygen atoms in total. The SMILES string of the molecule is C=CC(=O)N1CCCc2cc(C(=O)Nc3cnc4c(c3)OCC(=O)N4)ccc21.